The topological polar surface area (TPSA) is 68.3 Å². The van der Waals surface area contributed by atoms with Crippen LogP contribution in [0.5, 0.6) is 0 Å². The third-order valence-corrected chi connectivity index (χ3v) is 6.22. The molecule has 3 fully saturated rings. The van der Waals surface area contributed by atoms with Crippen molar-refractivity contribution in [3.8, 4) is 0 Å². The zero-order chi connectivity index (χ0) is 20.0. The van der Waals surface area contributed by atoms with Crippen molar-refractivity contribution in [3.63, 3.8) is 0 Å². The lowest BCUT2D eigenvalue weighted by molar-refractivity contribution is -0.168. The van der Waals surface area contributed by atoms with Gasteiger partial charge in [-0.3, -0.25) is 9.59 Å². The van der Waals surface area contributed by atoms with E-state index in [-0.39, 0.29) is 30.1 Å². The maximum atomic E-state index is 12.4. The van der Waals surface area contributed by atoms with E-state index in [9.17, 15) is 9.59 Å². The minimum atomic E-state index is -0.195. The Hall–Kier alpha value is -1.18. The molecule has 3 heterocycles. The van der Waals surface area contributed by atoms with Crippen molar-refractivity contribution in [3.05, 3.63) is 0 Å². The number of piperidine rings is 1. The van der Waals surface area contributed by atoms with Crippen LogP contribution in [0.25, 0.3) is 0 Å². The molecule has 0 radical (unpaired) electrons. The standard InChI is InChI=1S/C21H36N2O5/c1-17(2)3-4-19(24)22-8-6-21(7-9-22)15-18(5-12-28-21)27-16-20(25)23-10-13-26-14-11-23/h17-18H,3-16H2,1-2H3. The van der Waals surface area contributed by atoms with Crippen LogP contribution in [0.15, 0.2) is 0 Å². The summed E-state index contributed by atoms with van der Waals surface area (Å²) >= 11 is 0. The Morgan fingerprint density at radius 3 is 2.39 bits per heavy atom. The number of amides is 2. The molecule has 7 nitrogen and oxygen atoms in total. The minimum absolute atomic E-state index is 0.0504. The average Bonchev–Trinajstić information content (AvgIpc) is 2.71. The summed E-state index contributed by atoms with van der Waals surface area (Å²) in [6.07, 6.45) is 5.01. The second-order valence-corrected chi connectivity index (χ2v) is 8.76. The van der Waals surface area contributed by atoms with Gasteiger partial charge in [0.05, 0.1) is 24.9 Å². The van der Waals surface area contributed by atoms with Crippen LogP contribution < -0.4 is 0 Å². The van der Waals surface area contributed by atoms with Gasteiger partial charge in [-0.05, 0) is 31.6 Å². The van der Waals surface area contributed by atoms with Gasteiger partial charge < -0.3 is 24.0 Å². The number of ether oxygens (including phenoxy) is 3. The number of hydrogen-bond donors (Lipinski definition) is 0. The quantitative estimate of drug-likeness (QED) is 0.685. The molecule has 1 atom stereocenters. The molecule has 1 unspecified atom stereocenters. The number of rotatable bonds is 6. The van der Waals surface area contributed by atoms with E-state index in [1.165, 1.54) is 0 Å². The van der Waals surface area contributed by atoms with Gasteiger partial charge in [-0.2, -0.15) is 0 Å². The lowest BCUT2D eigenvalue weighted by atomic mass is 9.83. The molecule has 0 aromatic carbocycles. The molecular weight excluding hydrogens is 360 g/mol. The van der Waals surface area contributed by atoms with Crippen molar-refractivity contribution in [2.75, 3.05) is 52.6 Å². The number of hydrogen-bond acceptors (Lipinski definition) is 5. The molecule has 28 heavy (non-hydrogen) atoms. The SMILES string of the molecule is CC(C)CCC(=O)N1CCC2(CC1)CC(OCC(=O)N1CCOCC1)CCO2. The van der Waals surface area contributed by atoms with Crippen molar-refractivity contribution in [1.29, 1.82) is 0 Å². The van der Waals surface area contributed by atoms with E-state index in [1.54, 1.807) is 0 Å². The Balaban J connectivity index is 1.42. The predicted octanol–water partition coefficient (Wildman–Crippen LogP) is 1.84. The van der Waals surface area contributed by atoms with Crippen LogP contribution in [0.1, 0.15) is 52.4 Å². The first kappa shape index (κ1) is 21.5. The molecule has 3 saturated heterocycles. The highest BCUT2D eigenvalue weighted by Gasteiger charge is 2.41. The van der Waals surface area contributed by atoms with Crippen LogP contribution in [-0.2, 0) is 23.8 Å². The average molecular weight is 397 g/mol. The lowest BCUT2D eigenvalue weighted by Crippen LogP contribution is -2.52. The zero-order valence-corrected chi connectivity index (χ0v) is 17.5. The maximum Gasteiger partial charge on any atom is 0.248 e. The van der Waals surface area contributed by atoms with Gasteiger partial charge >= 0.3 is 0 Å². The maximum absolute atomic E-state index is 12.4. The molecular formula is C21H36N2O5. The van der Waals surface area contributed by atoms with Gasteiger partial charge in [0.1, 0.15) is 6.61 Å². The third-order valence-electron chi connectivity index (χ3n) is 6.22. The van der Waals surface area contributed by atoms with Crippen LogP contribution in [0.2, 0.25) is 0 Å². The van der Waals surface area contributed by atoms with Crippen molar-refractivity contribution in [1.82, 2.24) is 9.80 Å². The second-order valence-electron chi connectivity index (χ2n) is 8.76. The molecule has 7 heteroatoms. The van der Waals surface area contributed by atoms with Crippen LogP contribution in [0.3, 0.4) is 0 Å². The predicted molar refractivity (Wildman–Crippen MR) is 105 cm³/mol. The monoisotopic (exact) mass is 396 g/mol. The minimum Gasteiger partial charge on any atom is -0.378 e. The Morgan fingerprint density at radius 2 is 1.71 bits per heavy atom. The van der Waals surface area contributed by atoms with E-state index < -0.39 is 0 Å². The Morgan fingerprint density at radius 1 is 1.04 bits per heavy atom. The van der Waals surface area contributed by atoms with Crippen molar-refractivity contribution >= 4 is 11.8 Å². The molecule has 0 aromatic rings. The first-order valence-electron chi connectivity index (χ1n) is 10.9. The zero-order valence-electron chi connectivity index (χ0n) is 17.5. The molecule has 0 N–H and O–H groups in total. The van der Waals surface area contributed by atoms with Crippen molar-refractivity contribution < 1.29 is 23.8 Å². The summed E-state index contributed by atoms with van der Waals surface area (Å²) in [5, 5.41) is 0. The summed E-state index contributed by atoms with van der Waals surface area (Å²) in [6, 6.07) is 0. The summed E-state index contributed by atoms with van der Waals surface area (Å²) in [6.45, 7) is 9.15. The Kier molecular flexibility index (Phi) is 7.71. The fourth-order valence-corrected chi connectivity index (χ4v) is 4.30. The molecule has 0 bridgehead atoms. The van der Waals surface area contributed by atoms with Gasteiger partial charge in [0.15, 0.2) is 0 Å². The molecule has 1 spiro atoms. The Bertz CT molecular complexity index is 525. The smallest absolute Gasteiger partial charge is 0.248 e. The first-order valence-corrected chi connectivity index (χ1v) is 10.9. The van der Waals surface area contributed by atoms with E-state index in [1.807, 2.05) is 9.80 Å². The lowest BCUT2D eigenvalue weighted by Gasteiger charge is -2.46. The molecule has 160 valence electrons. The van der Waals surface area contributed by atoms with Gasteiger partial charge in [0.25, 0.3) is 0 Å². The van der Waals surface area contributed by atoms with Gasteiger partial charge in [-0.25, -0.2) is 0 Å². The van der Waals surface area contributed by atoms with E-state index in [0.717, 1.165) is 45.2 Å². The summed E-state index contributed by atoms with van der Waals surface area (Å²) in [5.41, 5.74) is -0.195. The van der Waals surface area contributed by atoms with Crippen molar-refractivity contribution in [2.24, 2.45) is 5.92 Å². The summed E-state index contributed by atoms with van der Waals surface area (Å²) in [7, 11) is 0. The highest BCUT2D eigenvalue weighted by atomic mass is 16.5. The molecule has 0 aromatic heterocycles. The van der Waals surface area contributed by atoms with Crippen LogP contribution in [0.4, 0.5) is 0 Å². The van der Waals surface area contributed by atoms with E-state index in [2.05, 4.69) is 13.8 Å². The molecule has 2 amide bonds. The summed E-state index contributed by atoms with van der Waals surface area (Å²) in [5.74, 6) is 0.873. The Labute approximate surface area is 168 Å². The number of carbonyl (C=O) groups excluding carboxylic acids is 2. The van der Waals surface area contributed by atoms with Gasteiger partial charge in [0, 0.05) is 45.6 Å². The number of likely N-dealkylation sites (tertiary alicyclic amines) is 1. The highest BCUT2D eigenvalue weighted by molar-refractivity contribution is 5.77. The fourth-order valence-electron chi connectivity index (χ4n) is 4.30. The highest BCUT2D eigenvalue weighted by Crippen LogP contribution is 2.36. The number of morpholine rings is 1. The number of carbonyl (C=O) groups is 2. The molecule has 3 aliphatic rings. The second kappa shape index (κ2) is 10.0. The van der Waals surface area contributed by atoms with E-state index in [4.69, 9.17) is 14.2 Å². The van der Waals surface area contributed by atoms with Crippen LogP contribution >= 0.6 is 0 Å². The van der Waals surface area contributed by atoms with E-state index >= 15 is 0 Å². The summed E-state index contributed by atoms with van der Waals surface area (Å²) < 4.78 is 17.4. The molecule has 0 aliphatic carbocycles. The fraction of sp³-hybridized carbons (Fsp3) is 0.905. The van der Waals surface area contributed by atoms with Crippen LogP contribution in [0, 0.1) is 5.92 Å². The third kappa shape index (κ3) is 5.91. The van der Waals surface area contributed by atoms with Crippen molar-refractivity contribution in [2.45, 2.75) is 64.1 Å². The van der Waals surface area contributed by atoms with Gasteiger partial charge in [0.2, 0.25) is 11.8 Å². The normalized spacial score (nSPS) is 25.3. The van der Waals surface area contributed by atoms with Crippen LogP contribution in [-0.4, -0.2) is 85.9 Å². The molecule has 3 aliphatic heterocycles. The first-order chi connectivity index (χ1) is 13.5. The van der Waals surface area contributed by atoms with E-state index in [0.29, 0.717) is 45.2 Å². The molecule has 3 rings (SSSR count). The largest absolute Gasteiger partial charge is 0.378 e. The number of nitrogens with zero attached hydrogens (tertiary/aromatic N) is 2. The summed E-state index contributed by atoms with van der Waals surface area (Å²) in [4.78, 5) is 28.5. The van der Waals surface area contributed by atoms with Gasteiger partial charge in [-0.15, -0.1) is 0 Å². The van der Waals surface area contributed by atoms with Gasteiger partial charge in [-0.1, -0.05) is 13.8 Å². The molecule has 0 saturated carbocycles.